The van der Waals surface area contributed by atoms with Gasteiger partial charge in [-0.1, -0.05) is 12.1 Å². The van der Waals surface area contributed by atoms with Gasteiger partial charge in [0, 0.05) is 24.7 Å². The zero-order chi connectivity index (χ0) is 21.0. The summed E-state index contributed by atoms with van der Waals surface area (Å²) in [6.07, 6.45) is 0.152. The number of nitrogens with zero attached hydrogens (tertiary/aromatic N) is 1. The Morgan fingerprint density at radius 2 is 1.83 bits per heavy atom. The summed E-state index contributed by atoms with van der Waals surface area (Å²) in [6, 6.07) is 10.7. The number of amides is 4. The van der Waals surface area contributed by atoms with E-state index in [4.69, 9.17) is 15.2 Å². The van der Waals surface area contributed by atoms with Gasteiger partial charge < -0.3 is 30.7 Å². The summed E-state index contributed by atoms with van der Waals surface area (Å²) in [6.45, 7) is 0.305. The third-order valence-corrected chi connectivity index (χ3v) is 4.58. The topological polar surface area (TPSA) is 123 Å². The monoisotopic (exact) mass is 398 g/mol. The fourth-order valence-corrected chi connectivity index (χ4v) is 3.20. The van der Waals surface area contributed by atoms with Gasteiger partial charge in [0.25, 0.3) is 5.91 Å². The Labute approximate surface area is 167 Å². The lowest BCUT2D eigenvalue weighted by Gasteiger charge is -2.19. The predicted molar refractivity (Wildman–Crippen MR) is 107 cm³/mol. The molecule has 0 aliphatic carbocycles. The smallest absolute Gasteiger partial charge is 0.319 e. The largest absolute Gasteiger partial charge is 0.493 e. The minimum absolute atomic E-state index is 0.125. The van der Waals surface area contributed by atoms with Crippen LogP contribution in [0.5, 0.6) is 11.5 Å². The number of urea groups is 1. The first-order chi connectivity index (χ1) is 13.9. The number of ether oxygens (including phenoxy) is 2. The van der Waals surface area contributed by atoms with Crippen molar-refractivity contribution in [3.8, 4) is 11.5 Å². The number of nitrogens with two attached hydrogens (primary N) is 1. The number of primary amides is 1. The molecule has 0 bridgehead atoms. The van der Waals surface area contributed by atoms with E-state index in [1.807, 2.05) is 0 Å². The molecular formula is C20H22N4O5. The van der Waals surface area contributed by atoms with E-state index in [-0.39, 0.29) is 17.9 Å². The second-order valence-corrected chi connectivity index (χ2v) is 6.45. The van der Waals surface area contributed by atoms with Crippen molar-refractivity contribution in [2.24, 2.45) is 5.73 Å². The van der Waals surface area contributed by atoms with Crippen molar-refractivity contribution in [1.29, 1.82) is 0 Å². The van der Waals surface area contributed by atoms with E-state index < -0.39 is 18.0 Å². The van der Waals surface area contributed by atoms with Crippen LogP contribution in [0.25, 0.3) is 0 Å². The van der Waals surface area contributed by atoms with Crippen molar-refractivity contribution in [3.63, 3.8) is 0 Å². The molecular weight excluding hydrogens is 376 g/mol. The maximum absolute atomic E-state index is 12.4. The fourth-order valence-electron chi connectivity index (χ4n) is 3.20. The van der Waals surface area contributed by atoms with E-state index in [0.29, 0.717) is 29.4 Å². The molecule has 2 aromatic carbocycles. The second kappa shape index (κ2) is 8.51. The first kappa shape index (κ1) is 20.0. The molecule has 3 rings (SSSR count). The van der Waals surface area contributed by atoms with Crippen molar-refractivity contribution in [2.75, 3.05) is 31.0 Å². The van der Waals surface area contributed by atoms with Crippen LogP contribution in [-0.4, -0.2) is 44.7 Å². The molecule has 1 heterocycles. The molecule has 1 fully saturated rings. The number of benzene rings is 2. The zero-order valence-electron chi connectivity index (χ0n) is 16.1. The molecule has 2 aromatic rings. The molecule has 4 amide bonds. The number of para-hydroxylation sites is 1. The van der Waals surface area contributed by atoms with Crippen molar-refractivity contribution >= 4 is 29.2 Å². The lowest BCUT2D eigenvalue weighted by molar-refractivity contribution is -0.117. The number of methoxy groups -OCH3 is 2. The van der Waals surface area contributed by atoms with Crippen LogP contribution < -0.4 is 30.7 Å². The number of carbonyl (C=O) groups is 3. The Morgan fingerprint density at radius 1 is 1.10 bits per heavy atom. The number of hydrogen-bond donors (Lipinski definition) is 3. The molecule has 0 aromatic heterocycles. The maximum atomic E-state index is 12.4. The van der Waals surface area contributed by atoms with Gasteiger partial charge in [0.2, 0.25) is 5.91 Å². The molecule has 1 atom stereocenters. The quantitative estimate of drug-likeness (QED) is 0.684. The van der Waals surface area contributed by atoms with Crippen LogP contribution in [0.4, 0.5) is 16.2 Å². The average Bonchev–Trinajstić information content (AvgIpc) is 3.07. The first-order valence-corrected chi connectivity index (χ1v) is 8.91. The first-order valence-electron chi connectivity index (χ1n) is 8.91. The van der Waals surface area contributed by atoms with Gasteiger partial charge in [-0.3, -0.25) is 9.59 Å². The standard InChI is InChI=1S/C20H22N4O5/c1-28-16-8-7-13(10-17(16)29-2)24-11-12(9-18(24)25)22-20(27)23-15-6-4-3-5-14(15)19(21)26/h3-8,10,12H,9,11H2,1-2H3,(H2,21,26)(H2,22,23,27). The molecule has 1 saturated heterocycles. The lowest BCUT2D eigenvalue weighted by Crippen LogP contribution is -2.40. The van der Waals surface area contributed by atoms with Crippen LogP contribution in [-0.2, 0) is 4.79 Å². The second-order valence-electron chi connectivity index (χ2n) is 6.45. The summed E-state index contributed by atoms with van der Waals surface area (Å²) in [7, 11) is 3.06. The highest BCUT2D eigenvalue weighted by atomic mass is 16.5. The summed E-state index contributed by atoms with van der Waals surface area (Å²) in [5, 5.41) is 5.36. The van der Waals surface area contributed by atoms with Crippen LogP contribution in [0.15, 0.2) is 42.5 Å². The molecule has 9 heteroatoms. The predicted octanol–water partition coefficient (Wildman–Crippen LogP) is 1.73. The Morgan fingerprint density at radius 3 is 2.52 bits per heavy atom. The van der Waals surface area contributed by atoms with Crippen LogP contribution in [0.2, 0.25) is 0 Å². The molecule has 152 valence electrons. The molecule has 0 spiro atoms. The molecule has 1 aliphatic heterocycles. The molecule has 1 aliphatic rings. The van der Waals surface area contributed by atoms with E-state index >= 15 is 0 Å². The van der Waals surface area contributed by atoms with E-state index in [9.17, 15) is 14.4 Å². The third kappa shape index (κ3) is 4.40. The Bertz CT molecular complexity index is 946. The normalized spacial score (nSPS) is 15.7. The van der Waals surface area contributed by atoms with Gasteiger partial charge >= 0.3 is 6.03 Å². The van der Waals surface area contributed by atoms with Gasteiger partial charge in [-0.2, -0.15) is 0 Å². The molecule has 29 heavy (non-hydrogen) atoms. The summed E-state index contributed by atoms with van der Waals surface area (Å²) < 4.78 is 10.5. The third-order valence-electron chi connectivity index (χ3n) is 4.58. The van der Waals surface area contributed by atoms with E-state index in [1.54, 1.807) is 41.3 Å². The van der Waals surface area contributed by atoms with Crippen molar-refractivity contribution in [2.45, 2.75) is 12.5 Å². The SMILES string of the molecule is COc1ccc(N2CC(NC(=O)Nc3ccccc3C(N)=O)CC2=O)cc1OC. The van der Waals surface area contributed by atoms with Crippen LogP contribution in [0.3, 0.4) is 0 Å². The van der Waals surface area contributed by atoms with Gasteiger partial charge in [-0.25, -0.2) is 4.79 Å². The molecule has 9 nitrogen and oxygen atoms in total. The average molecular weight is 398 g/mol. The van der Waals surface area contributed by atoms with Crippen LogP contribution >= 0.6 is 0 Å². The number of anilines is 2. The number of hydrogen-bond acceptors (Lipinski definition) is 5. The van der Waals surface area contributed by atoms with E-state index in [2.05, 4.69) is 10.6 Å². The molecule has 0 saturated carbocycles. The Hall–Kier alpha value is -3.75. The Kier molecular flexibility index (Phi) is 5.87. The summed E-state index contributed by atoms with van der Waals surface area (Å²) in [5.41, 5.74) is 6.48. The van der Waals surface area contributed by atoms with Gasteiger partial charge in [-0.05, 0) is 24.3 Å². The minimum Gasteiger partial charge on any atom is -0.493 e. The molecule has 4 N–H and O–H groups in total. The number of rotatable bonds is 6. The zero-order valence-corrected chi connectivity index (χ0v) is 16.1. The van der Waals surface area contributed by atoms with Crippen LogP contribution in [0.1, 0.15) is 16.8 Å². The molecule has 1 unspecified atom stereocenters. The van der Waals surface area contributed by atoms with Gasteiger partial charge in [-0.15, -0.1) is 0 Å². The van der Waals surface area contributed by atoms with Crippen molar-refractivity contribution in [1.82, 2.24) is 5.32 Å². The van der Waals surface area contributed by atoms with E-state index in [0.717, 1.165) is 0 Å². The highest BCUT2D eigenvalue weighted by molar-refractivity contribution is 6.03. The minimum atomic E-state index is -0.642. The summed E-state index contributed by atoms with van der Waals surface area (Å²) >= 11 is 0. The van der Waals surface area contributed by atoms with E-state index in [1.165, 1.54) is 20.3 Å². The maximum Gasteiger partial charge on any atom is 0.319 e. The highest BCUT2D eigenvalue weighted by Gasteiger charge is 2.32. The van der Waals surface area contributed by atoms with Gasteiger partial charge in [0.05, 0.1) is 31.5 Å². The van der Waals surface area contributed by atoms with Gasteiger partial charge in [0.15, 0.2) is 11.5 Å². The highest BCUT2D eigenvalue weighted by Crippen LogP contribution is 2.33. The number of carbonyl (C=O) groups excluding carboxylic acids is 3. The number of nitrogens with one attached hydrogen (secondary N) is 2. The summed E-state index contributed by atoms with van der Waals surface area (Å²) in [5.74, 6) is 0.303. The molecule has 0 radical (unpaired) electrons. The van der Waals surface area contributed by atoms with Crippen molar-refractivity contribution in [3.05, 3.63) is 48.0 Å². The fraction of sp³-hybridized carbons (Fsp3) is 0.250. The van der Waals surface area contributed by atoms with Gasteiger partial charge in [0.1, 0.15) is 0 Å². The Balaban J connectivity index is 1.67. The van der Waals surface area contributed by atoms with Crippen LogP contribution in [0, 0.1) is 0 Å². The van der Waals surface area contributed by atoms with Crippen molar-refractivity contribution < 1.29 is 23.9 Å². The lowest BCUT2D eigenvalue weighted by atomic mass is 10.1. The summed E-state index contributed by atoms with van der Waals surface area (Å²) in [4.78, 5) is 37.8.